The van der Waals surface area contributed by atoms with Gasteiger partial charge in [-0.25, -0.2) is 6.04 Å². The zero-order chi connectivity index (χ0) is 13.5. The first kappa shape index (κ1) is 19.2. The van der Waals surface area contributed by atoms with Crippen molar-refractivity contribution in [3.8, 4) is 0 Å². The molecule has 1 rings (SSSR count). The molecule has 6 heteroatoms. The van der Waals surface area contributed by atoms with Crippen molar-refractivity contribution >= 4 is 5.97 Å². The summed E-state index contributed by atoms with van der Waals surface area (Å²) >= 11 is 0. The Hall–Kier alpha value is 0.220. The van der Waals surface area contributed by atoms with Gasteiger partial charge < -0.3 is 21.1 Å². The second kappa shape index (κ2) is 10.0. The topological polar surface area (TPSA) is 104 Å². The number of aliphatic hydroxyl groups is 2. The summed E-state index contributed by atoms with van der Waals surface area (Å²) in [6.07, 6.45) is 5.47. The molecule has 0 saturated heterocycles. The average molecular weight is 281 g/mol. The summed E-state index contributed by atoms with van der Waals surface area (Å²) in [6.45, 7) is 0. The van der Waals surface area contributed by atoms with Crippen LogP contribution in [0.4, 0.5) is 0 Å². The van der Waals surface area contributed by atoms with Gasteiger partial charge in [0.15, 0.2) is 5.97 Å². The quantitative estimate of drug-likeness (QED) is 0.320. The van der Waals surface area contributed by atoms with Crippen LogP contribution in [-0.4, -0.2) is 33.5 Å². The van der Waals surface area contributed by atoms with E-state index in [1.807, 2.05) is 0 Å². The number of carbonyl (C=O) groups is 1. The van der Waals surface area contributed by atoms with E-state index in [9.17, 15) is 15.0 Å². The van der Waals surface area contributed by atoms with Crippen molar-refractivity contribution in [1.82, 2.24) is 0 Å². The number of carboxylic acids is 1. The number of nitrogens with two attached hydrogens (primary N) is 1. The Bertz CT molecular complexity index is 259. The molecule has 19 heavy (non-hydrogen) atoms. The minimum Gasteiger partial charge on any atom is -0.502 e. The van der Waals surface area contributed by atoms with Crippen LogP contribution in [0.1, 0.15) is 51.4 Å². The van der Waals surface area contributed by atoms with Crippen molar-refractivity contribution in [2.75, 3.05) is 0 Å². The zero-order valence-corrected chi connectivity index (χ0v) is 13.7. The molecule has 1 aliphatic carbocycles. The number of carboxylic acid groups (broad SMARTS) is 1. The van der Waals surface area contributed by atoms with Gasteiger partial charge in [-0.05, 0) is 18.8 Å². The Balaban J connectivity index is 0.00000324. The van der Waals surface area contributed by atoms with E-state index in [-0.39, 0.29) is 42.0 Å². The van der Waals surface area contributed by atoms with E-state index in [1.54, 1.807) is 0 Å². The molecule has 5 nitrogen and oxygen atoms in total. The SMILES string of the molecule is N[C-](C[C@H](O)C(O)CCC1CCCCC1)C(=O)O.[Na+]. The van der Waals surface area contributed by atoms with Crippen LogP contribution in [0.15, 0.2) is 0 Å². The molecule has 2 atom stereocenters. The first-order valence-corrected chi connectivity index (χ1v) is 6.71. The predicted octanol–water partition coefficient (Wildman–Crippen LogP) is -1.96. The van der Waals surface area contributed by atoms with Crippen LogP contribution in [-0.2, 0) is 4.79 Å². The summed E-state index contributed by atoms with van der Waals surface area (Å²) < 4.78 is 0. The van der Waals surface area contributed by atoms with E-state index < -0.39 is 18.2 Å². The molecule has 0 aromatic rings. The molecule has 0 bridgehead atoms. The molecule has 1 aliphatic rings. The summed E-state index contributed by atoms with van der Waals surface area (Å²) in [6, 6.07) is -0.306. The number of hydrogen-bond acceptors (Lipinski definition) is 4. The molecule has 1 fully saturated rings. The van der Waals surface area contributed by atoms with Crippen LogP contribution >= 0.6 is 0 Å². The monoisotopic (exact) mass is 281 g/mol. The van der Waals surface area contributed by atoms with E-state index in [2.05, 4.69) is 0 Å². The van der Waals surface area contributed by atoms with Crippen LogP contribution < -0.4 is 35.3 Å². The molecule has 0 aromatic carbocycles. The molecular formula is C13H24NNaO4. The largest absolute Gasteiger partial charge is 1.00 e. The van der Waals surface area contributed by atoms with Crippen LogP contribution in [0.25, 0.3) is 0 Å². The minimum absolute atomic E-state index is 0. The van der Waals surface area contributed by atoms with Crippen molar-refractivity contribution in [3.05, 3.63) is 6.04 Å². The zero-order valence-electron chi connectivity index (χ0n) is 11.7. The van der Waals surface area contributed by atoms with Crippen molar-refractivity contribution in [1.29, 1.82) is 0 Å². The van der Waals surface area contributed by atoms with Gasteiger partial charge in [0.2, 0.25) is 0 Å². The summed E-state index contributed by atoms with van der Waals surface area (Å²) in [5.74, 6) is -0.588. The second-order valence-electron chi connectivity index (χ2n) is 5.25. The molecule has 1 unspecified atom stereocenters. The number of hydrogen-bond donors (Lipinski definition) is 4. The van der Waals surface area contributed by atoms with Gasteiger partial charge in [0, 0.05) is 0 Å². The summed E-state index contributed by atoms with van der Waals surface area (Å²) in [5, 5.41) is 28.0. The Labute approximate surface area is 136 Å². The third kappa shape index (κ3) is 7.54. The third-order valence-electron chi connectivity index (χ3n) is 3.74. The molecule has 0 radical (unpaired) electrons. The number of aliphatic hydroxyl groups excluding tert-OH is 2. The van der Waals surface area contributed by atoms with Gasteiger partial charge in [-0.15, -0.1) is 6.42 Å². The van der Waals surface area contributed by atoms with Gasteiger partial charge in [0.25, 0.3) is 0 Å². The predicted molar refractivity (Wildman–Crippen MR) is 67.5 cm³/mol. The van der Waals surface area contributed by atoms with Crippen LogP contribution in [0.5, 0.6) is 0 Å². The third-order valence-corrected chi connectivity index (χ3v) is 3.74. The normalized spacial score (nSPS) is 19.3. The van der Waals surface area contributed by atoms with Crippen molar-refractivity contribution < 1.29 is 49.7 Å². The molecular weight excluding hydrogens is 257 g/mol. The van der Waals surface area contributed by atoms with Crippen molar-refractivity contribution in [2.24, 2.45) is 11.7 Å². The summed E-state index contributed by atoms with van der Waals surface area (Å²) in [4.78, 5) is 10.5. The van der Waals surface area contributed by atoms with Gasteiger partial charge >= 0.3 is 29.6 Å². The Morgan fingerprint density at radius 3 is 2.32 bits per heavy atom. The van der Waals surface area contributed by atoms with E-state index in [4.69, 9.17) is 10.8 Å². The van der Waals surface area contributed by atoms with E-state index in [1.165, 1.54) is 32.1 Å². The smallest absolute Gasteiger partial charge is 0.502 e. The fourth-order valence-electron chi connectivity index (χ4n) is 2.52. The van der Waals surface area contributed by atoms with E-state index in [0.29, 0.717) is 12.3 Å². The molecule has 0 aromatic heterocycles. The average Bonchev–Trinajstić information content (AvgIpc) is 2.36. The van der Waals surface area contributed by atoms with Crippen molar-refractivity contribution in [2.45, 2.75) is 63.6 Å². The second-order valence-corrected chi connectivity index (χ2v) is 5.25. The molecule has 0 amide bonds. The van der Waals surface area contributed by atoms with Gasteiger partial charge in [0.1, 0.15) is 0 Å². The molecule has 5 N–H and O–H groups in total. The maximum absolute atomic E-state index is 10.5. The summed E-state index contributed by atoms with van der Waals surface area (Å²) in [5.41, 5.74) is 5.24. The van der Waals surface area contributed by atoms with Crippen LogP contribution in [0.2, 0.25) is 0 Å². The van der Waals surface area contributed by atoms with Crippen molar-refractivity contribution in [3.63, 3.8) is 0 Å². The number of aliphatic carboxylic acids is 1. The van der Waals surface area contributed by atoms with Gasteiger partial charge in [0.05, 0.1) is 12.2 Å². The van der Waals surface area contributed by atoms with E-state index in [0.717, 1.165) is 6.42 Å². The fourth-order valence-corrected chi connectivity index (χ4v) is 2.52. The molecule has 0 heterocycles. The van der Waals surface area contributed by atoms with Gasteiger partial charge in [-0.3, -0.25) is 4.79 Å². The maximum atomic E-state index is 10.5. The van der Waals surface area contributed by atoms with Crippen LogP contribution in [0, 0.1) is 12.0 Å². The first-order chi connectivity index (χ1) is 8.50. The Morgan fingerprint density at radius 1 is 1.21 bits per heavy atom. The Morgan fingerprint density at radius 2 is 1.79 bits per heavy atom. The molecule has 106 valence electrons. The minimum atomic E-state index is -1.23. The molecule has 0 spiro atoms. The maximum Gasteiger partial charge on any atom is 1.00 e. The summed E-state index contributed by atoms with van der Waals surface area (Å²) in [7, 11) is 0. The fraction of sp³-hybridized carbons (Fsp3) is 0.846. The van der Waals surface area contributed by atoms with Gasteiger partial charge in [-0.1, -0.05) is 32.1 Å². The van der Waals surface area contributed by atoms with Crippen LogP contribution in [0.3, 0.4) is 0 Å². The first-order valence-electron chi connectivity index (χ1n) is 6.71. The Kier molecular flexibility index (Phi) is 10.1. The van der Waals surface area contributed by atoms with E-state index >= 15 is 0 Å². The van der Waals surface area contributed by atoms with Gasteiger partial charge in [-0.2, -0.15) is 0 Å². The standard InChI is InChI=1S/C13H24NO4.Na/c14-10(13(17)18)8-12(16)11(15)7-6-9-4-2-1-3-5-9;/h9,11-12,15-16H,1-8,14H2,(H,17,18);/q-1;+1/t11?,12-;/m0./s1. The number of rotatable bonds is 7. The molecule has 0 aliphatic heterocycles. The molecule has 1 saturated carbocycles.